The molecule has 2 rings (SSSR count). The van der Waals surface area contributed by atoms with Crippen molar-refractivity contribution >= 4 is 28.4 Å². The fourth-order valence-electron chi connectivity index (χ4n) is 1.51. The Kier molecular flexibility index (Phi) is 4.93. The van der Waals surface area contributed by atoms with Crippen LogP contribution in [-0.4, -0.2) is 5.78 Å². The highest BCUT2D eigenvalue weighted by molar-refractivity contribution is 14.1. The SMILES string of the molecule is O=C(/C=C/C#Cc1ccccc1)c1ccccc1I. The second kappa shape index (κ2) is 6.91. The summed E-state index contributed by atoms with van der Waals surface area (Å²) >= 11 is 2.16. The summed E-state index contributed by atoms with van der Waals surface area (Å²) in [6.07, 6.45) is 3.10. The summed E-state index contributed by atoms with van der Waals surface area (Å²) in [4.78, 5) is 11.9. The van der Waals surface area contributed by atoms with Gasteiger partial charge in [0.25, 0.3) is 0 Å². The molecule has 0 heterocycles. The molecule has 19 heavy (non-hydrogen) atoms. The van der Waals surface area contributed by atoms with Crippen LogP contribution in [0.15, 0.2) is 66.7 Å². The smallest absolute Gasteiger partial charge is 0.187 e. The van der Waals surface area contributed by atoms with Crippen molar-refractivity contribution in [2.45, 2.75) is 0 Å². The first-order chi connectivity index (χ1) is 9.27. The molecule has 0 radical (unpaired) electrons. The zero-order valence-corrected chi connectivity index (χ0v) is 12.3. The van der Waals surface area contributed by atoms with Crippen LogP contribution in [0, 0.1) is 15.4 Å². The first-order valence-corrected chi connectivity index (χ1v) is 6.87. The molecule has 0 saturated carbocycles. The molecule has 0 unspecified atom stereocenters. The summed E-state index contributed by atoms with van der Waals surface area (Å²) in [7, 11) is 0. The number of hydrogen-bond acceptors (Lipinski definition) is 1. The van der Waals surface area contributed by atoms with Crippen LogP contribution in [0.1, 0.15) is 15.9 Å². The molecule has 0 fully saturated rings. The molecule has 1 nitrogen and oxygen atoms in total. The lowest BCUT2D eigenvalue weighted by Crippen LogP contribution is -1.96. The summed E-state index contributed by atoms with van der Waals surface area (Å²) in [5.74, 6) is 5.82. The summed E-state index contributed by atoms with van der Waals surface area (Å²) in [5, 5.41) is 0. The highest BCUT2D eigenvalue weighted by Gasteiger charge is 2.04. The predicted molar refractivity (Wildman–Crippen MR) is 85.9 cm³/mol. The lowest BCUT2D eigenvalue weighted by Gasteiger charge is -1.97. The number of allylic oxidation sites excluding steroid dienone is 2. The van der Waals surface area contributed by atoms with E-state index in [-0.39, 0.29) is 5.78 Å². The summed E-state index contributed by atoms with van der Waals surface area (Å²) in [6.45, 7) is 0. The van der Waals surface area contributed by atoms with Gasteiger partial charge in [0.2, 0.25) is 0 Å². The molecular formula is C17H11IO. The Bertz CT molecular complexity index is 660. The van der Waals surface area contributed by atoms with Crippen molar-refractivity contribution in [2.75, 3.05) is 0 Å². The van der Waals surface area contributed by atoms with E-state index < -0.39 is 0 Å². The molecule has 0 amide bonds. The van der Waals surface area contributed by atoms with Gasteiger partial charge in [0.1, 0.15) is 0 Å². The molecule has 2 heteroatoms. The van der Waals surface area contributed by atoms with Crippen molar-refractivity contribution in [3.63, 3.8) is 0 Å². The van der Waals surface area contributed by atoms with Gasteiger partial charge in [-0.3, -0.25) is 4.79 Å². The molecule has 0 atom stereocenters. The lowest BCUT2D eigenvalue weighted by atomic mass is 10.1. The number of carbonyl (C=O) groups excluding carboxylic acids is 1. The molecule has 0 aromatic heterocycles. The van der Waals surface area contributed by atoms with E-state index in [2.05, 4.69) is 34.4 Å². The van der Waals surface area contributed by atoms with Crippen LogP contribution < -0.4 is 0 Å². The number of rotatable bonds is 2. The van der Waals surface area contributed by atoms with Gasteiger partial charge < -0.3 is 0 Å². The molecule has 0 spiro atoms. The standard InChI is InChI=1S/C17H11IO/c18-16-12-6-5-11-15(16)17(19)13-7-4-10-14-8-2-1-3-9-14/h1-3,5-9,11-13H/b13-7+. The van der Waals surface area contributed by atoms with Crippen LogP contribution in [0.3, 0.4) is 0 Å². The van der Waals surface area contributed by atoms with Crippen molar-refractivity contribution in [3.8, 4) is 11.8 Å². The summed E-state index contributed by atoms with van der Waals surface area (Å²) < 4.78 is 0.950. The number of benzene rings is 2. The number of halogens is 1. The van der Waals surface area contributed by atoms with E-state index in [1.54, 1.807) is 6.08 Å². The Hall–Kier alpha value is -1.86. The Morgan fingerprint density at radius 1 is 1.00 bits per heavy atom. The summed E-state index contributed by atoms with van der Waals surface area (Å²) in [5.41, 5.74) is 1.65. The number of ketones is 1. The van der Waals surface area contributed by atoms with Crippen LogP contribution in [0.5, 0.6) is 0 Å². The lowest BCUT2D eigenvalue weighted by molar-refractivity contribution is 0.104. The van der Waals surface area contributed by atoms with Gasteiger partial charge in [0.05, 0.1) is 0 Å². The van der Waals surface area contributed by atoms with Crippen molar-refractivity contribution in [1.29, 1.82) is 0 Å². The monoisotopic (exact) mass is 358 g/mol. The topological polar surface area (TPSA) is 17.1 Å². The summed E-state index contributed by atoms with van der Waals surface area (Å²) in [6, 6.07) is 17.2. The van der Waals surface area contributed by atoms with E-state index in [1.165, 1.54) is 6.08 Å². The minimum Gasteiger partial charge on any atom is -0.289 e. The van der Waals surface area contributed by atoms with Crippen molar-refractivity contribution in [3.05, 3.63) is 81.4 Å². The van der Waals surface area contributed by atoms with E-state index in [1.807, 2.05) is 54.6 Å². The van der Waals surface area contributed by atoms with Gasteiger partial charge in [-0.1, -0.05) is 42.2 Å². The largest absolute Gasteiger partial charge is 0.289 e. The quantitative estimate of drug-likeness (QED) is 0.342. The van der Waals surface area contributed by atoms with Gasteiger partial charge in [0.15, 0.2) is 5.78 Å². The Morgan fingerprint density at radius 3 is 2.42 bits per heavy atom. The third-order valence-electron chi connectivity index (χ3n) is 2.45. The van der Waals surface area contributed by atoms with Gasteiger partial charge in [-0.25, -0.2) is 0 Å². The molecule has 0 saturated heterocycles. The van der Waals surface area contributed by atoms with Crippen molar-refractivity contribution in [1.82, 2.24) is 0 Å². The van der Waals surface area contributed by atoms with Crippen LogP contribution in [-0.2, 0) is 0 Å². The van der Waals surface area contributed by atoms with Crippen LogP contribution in [0.4, 0.5) is 0 Å². The zero-order valence-electron chi connectivity index (χ0n) is 10.1. The fraction of sp³-hybridized carbons (Fsp3) is 0. The molecule has 2 aromatic rings. The van der Waals surface area contributed by atoms with Crippen LogP contribution >= 0.6 is 22.6 Å². The van der Waals surface area contributed by atoms with Crippen molar-refractivity contribution in [2.24, 2.45) is 0 Å². The van der Waals surface area contributed by atoms with Crippen molar-refractivity contribution < 1.29 is 4.79 Å². The van der Waals surface area contributed by atoms with Gasteiger partial charge >= 0.3 is 0 Å². The van der Waals surface area contributed by atoms with E-state index in [9.17, 15) is 4.79 Å². The third-order valence-corrected chi connectivity index (χ3v) is 3.39. The van der Waals surface area contributed by atoms with Gasteiger partial charge in [0, 0.05) is 14.7 Å². The van der Waals surface area contributed by atoms with Crippen LogP contribution in [0.25, 0.3) is 0 Å². The fourth-order valence-corrected chi connectivity index (χ4v) is 2.17. The molecule has 0 bridgehead atoms. The Labute approximate surface area is 126 Å². The maximum Gasteiger partial charge on any atom is 0.187 e. The maximum absolute atomic E-state index is 11.9. The Morgan fingerprint density at radius 2 is 1.68 bits per heavy atom. The molecule has 0 aliphatic rings. The minimum atomic E-state index is -0.0210. The van der Waals surface area contributed by atoms with E-state index in [0.29, 0.717) is 5.56 Å². The molecule has 0 aliphatic carbocycles. The van der Waals surface area contributed by atoms with Gasteiger partial charge in [-0.15, -0.1) is 0 Å². The molecular weight excluding hydrogens is 347 g/mol. The van der Waals surface area contributed by atoms with E-state index in [0.717, 1.165) is 9.13 Å². The average molecular weight is 358 g/mol. The first-order valence-electron chi connectivity index (χ1n) is 5.79. The number of carbonyl (C=O) groups is 1. The highest BCUT2D eigenvalue weighted by Crippen LogP contribution is 2.12. The van der Waals surface area contributed by atoms with Gasteiger partial charge in [-0.2, -0.15) is 0 Å². The zero-order chi connectivity index (χ0) is 13.5. The third kappa shape index (κ3) is 4.08. The predicted octanol–water partition coefficient (Wildman–Crippen LogP) is 4.08. The molecule has 0 aliphatic heterocycles. The van der Waals surface area contributed by atoms with E-state index in [4.69, 9.17) is 0 Å². The molecule has 0 N–H and O–H groups in total. The minimum absolute atomic E-state index is 0.0210. The molecule has 92 valence electrons. The first kappa shape index (κ1) is 13.6. The number of hydrogen-bond donors (Lipinski definition) is 0. The second-order valence-corrected chi connectivity index (χ2v) is 4.97. The maximum atomic E-state index is 11.9. The molecule has 2 aromatic carbocycles. The highest BCUT2D eigenvalue weighted by atomic mass is 127. The second-order valence-electron chi connectivity index (χ2n) is 3.81. The normalized spacial score (nSPS) is 9.95. The Balaban J connectivity index is 2.07. The average Bonchev–Trinajstić information content (AvgIpc) is 2.45. The van der Waals surface area contributed by atoms with E-state index >= 15 is 0 Å². The van der Waals surface area contributed by atoms with Gasteiger partial charge in [-0.05, 0) is 59.0 Å². The van der Waals surface area contributed by atoms with Crippen LogP contribution in [0.2, 0.25) is 0 Å².